The second-order valence-electron chi connectivity index (χ2n) is 4.63. The second-order valence-corrected chi connectivity index (χ2v) is 4.63. The molecule has 1 heterocycles. The van der Waals surface area contributed by atoms with Crippen LogP contribution >= 0.6 is 0 Å². The van der Waals surface area contributed by atoms with Crippen LogP contribution in [0.1, 0.15) is 25.3 Å². The maximum atomic E-state index is 5.72. The third-order valence-electron chi connectivity index (χ3n) is 2.93. The number of methoxy groups -OCH3 is 1. The summed E-state index contributed by atoms with van der Waals surface area (Å²) in [6, 6.07) is 9.28. The van der Waals surface area contributed by atoms with Crippen molar-refractivity contribution in [1.29, 1.82) is 0 Å². The number of rotatable bonds is 6. The van der Waals surface area contributed by atoms with Crippen LogP contribution in [0.15, 0.2) is 42.6 Å². The molecule has 2 aromatic rings. The van der Waals surface area contributed by atoms with Crippen molar-refractivity contribution in [3.05, 3.63) is 48.2 Å². The molecule has 4 nitrogen and oxygen atoms in total. The topological polar surface area (TPSA) is 57.4 Å². The molecule has 0 aliphatic rings. The number of anilines is 1. The van der Waals surface area contributed by atoms with Crippen LogP contribution in [-0.2, 0) is 0 Å². The van der Waals surface area contributed by atoms with E-state index in [-0.39, 0.29) is 0 Å². The number of nitrogen functional groups attached to an aromatic ring is 1. The molecule has 0 bridgehead atoms. The molecular weight excluding hydrogens is 264 g/mol. The molecule has 1 aromatic carbocycles. The third kappa shape index (κ3) is 4.24. The average molecular weight is 284 g/mol. The Bertz CT molecular complexity index is 607. The van der Waals surface area contributed by atoms with Crippen LogP contribution in [0.2, 0.25) is 0 Å². The van der Waals surface area contributed by atoms with Crippen LogP contribution < -0.4 is 15.2 Å². The monoisotopic (exact) mass is 284 g/mol. The smallest absolute Gasteiger partial charge is 0.219 e. The lowest BCUT2D eigenvalue weighted by atomic mass is 10.1. The number of nitrogens with zero attached hydrogens (tertiary/aromatic N) is 1. The fraction of sp³-hybridized carbons (Fsp3) is 0.235. The van der Waals surface area contributed by atoms with Gasteiger partial charge in [-0.05, 0) is 30.2 Å². The first-order valence-corrected chi connectivity index (χ1v) is 6.97. The number of ether oxygens (including phenoxy) is 2. The summed E-state index contributed by atoms with van der Waals surface area (Å²) in [5, 5.41) is 0. The Balaban J connectivity index is 2.17. The van der Waals surface area contributed by atoms with Gasteiger partial charge in [-0.15, -0.1) is 0 Å². The van der Waals surface area contributed by atoms with Crippen LogP contribution in [0.3, 0.4) is 0 Å². The zero-order valence-electron chi connectivity index (χ0n) is 12.4. The molecule has 0 aliphatic heterocycles. The van der Waals surface area contributed by atoms with E-state index in [1.54, 1.807) is 25.4 Å². The minimum absolute atomic E-state index is 0.483. The zero-order valence-corrected chi connectivity index (χ0v) is 12.4. The highest BCUT2D eigenvalue weighted by Crippen LogP contribution is 2.32. The fourth-order valence-corrected chi connectivity index (χ4v) is 1.82. The van der Waals surface area contributed by atoms with Gasteiger partial charge in [0.1, 0.15) is 0 Å². The summed E-state index contributed by atoms with van der Waals surface area (Å²) in [7, 11) is 1.62. The van der Waals surface area contributed by atoms with Crippen LogP contribution in [-0.4, -0.2) is 12.1 Å². The first-order chi connectivity index (χ1) is 10.2. The van der Waals surface area contributed by atoms with Crippen LogP contribution in [0.5, 0.6) is 17.4 Å². The predicted molar refractivity (Wildman–Crippen MR) is 85.7 cm³/mol. The van der Waals surface area contributed by atoms with E-state index >= 15 is 0 Å². The Morgan fingerprint density at radius 1 is 1.19 bits per heavy atom. The van der Waals surface area contributed by atoms with E-state index in [9.17, 15) is 0 Å². The summed E-state index contributed by atoms with van der Waals surface area (Å²) in [4.78, 5) is 4.12. The largest absolute Gasteiger partial charge is 0.493 e. The van der Waals surface area contributed by atoms with Gasteiger partial charge in [0.2, 0.25) is 5.88 Å². The third-order valence-corrected chi connectivity index (χ3v) is 2.93. The van der Waals surface area contributed by atoms with Crippen molar-refractivity contribution in [2.45, 2.75) is 19.8 Å². The van der Waals surface area contributed by atoms with Crippen LogP contribution in [0.4, 0.5) is 5.69 Å². The van der Waals surface area contributed by atoms with Crippen LogP contribution in [0.25, 0.3) is 6.08 Å². The van der Waals surface area contributed by atoms with E-state index in [4.69, 9.17) is 15.2 Å². The van der Waals surface area contributed by atoms with Crippen LogP contribution in [0, 0.1) is 0 Å². The standard InChI is InChI=1S/C17H20N2O2/c1-3-4-5-6-13-7-9-15(16(11-13)20-2)21-17-10-8-14(18)12-19-17/h5-12H,3-4,18H2,1-2H3/b6-5+. The molecule has 0 spiro atoms. The SMILES string of the molecule is CCC/C=C/c1ccc(Oc2ccc(N)cn2)c(OC)c1. The Morgan fingerprint density at radius 3 is 2.71 bits per heavy atom. The van der Waals surface area contributed by atoms with Gasteiger partial charge in [-0.1, -0.05) is 31.6 Å². The molecule has 0 radical (unpaired) electrons. The van der Waals surface area contributed by atoms with E-state index in [1.807, 2.05) is 18.2 Å². The highest BCUT2D eigenvalue weighted by molar-refractivity contribution is 5.56. The zero-order chi connectivity index (χ0) is 15.1. The van der Waals surface area contributed by atoms with Crippen molar-refractivity contribution in [3.63, 3.8) is 0 Å². The molecule has 0 fully saturated rings. The van der Waals surface area contributed by atoms with Crippen molar-refractivity contribution < 1.29 is 9.47 Å². The minimum Gasteiger partial charge on any atom is -0.493 e. The van der Waals surface area contributed by atoms with Crippen molar-refractivity contribution in [3.8, 4) is 17.4 Å². The lowest BCUT2D eigenvalue weighted by molar-refractivity contribution is 0.374. The van der Waals surface area contributed by atoms with Gasteiger partial charge < -0.3 is 15.2 Å². The van der Waals surface area contributed by atoms with Gasteiger partial charge in [0.15, 0.2) is 11.5 Å². The van der Waals surface area contributed by atoms with Gasteiger partial charge in [-0.25, -0.2) is 4.98 Å². The van der Waals surface area contributed by atoms with E-state index in [1.165, 1.54) is 0 Å². The minimum atomic E-state index is 0.483. The molecule has 21 heavy (non-hydrogen) atoms. The summed E-state index contributed by atoms with van der Waals surface area (Å²) in [6.07, 6.45) is 7.99. The van der Waals surface area contributed by atoms with Crippen molar-refractivity contribution in [2.24, 2.45) is 0 Å². The number of nitrogens with two attached hydrogens (primary N) is 1. The van der Waals surface area contributed by atoms with Gasteiger partial charge in [0.25, 0.3) is 0 Å². The van der Waals surface area contributed by atoms with Gasteiger partial charge in [-0.2, -0.15) is 0 Å². The Kier molecular flexibility index (Phi) is 5.21. The maximum absolute atomic E-state index is 5.72. The molecule has 2 rings (SSSR count). The Labute approximate surface area is 125 Å². The fourth-order valence-electron chi connectivity index (χ4n) is 1.82. The number of pyridine rings is 1. The Hall–Kier alpha value is -2.49. The number of aromatic nitrogens is 1. The number of unbranched alkanes of at least 4 members (excludes halogenated alkanes) is 1. The summed E-state index contributed by atoms with van der Waals surface area (Å²) in [5.74, 6) is 1.78. The van der Waals surface area contributed by atoms with E-state index in [0.29, 0.717) is 23.1 Å². The summed E-state index contributed by atoms with van der Waals surface area (Å²) in [6.45, 7) is 2.15. The molecular formula is C17H20N2O2. The molecule has 0 saturated carbocycles. The van der Waals surface area contributed by atoms with E-state index < -0.39 is 0 Å². The lowest BCUT2D eigenvalue weighted by Gasteiger charge is -2.10. The maximum Gasteiger partial charge on any atom is 0.219 e. The lowest BCUT2D eigenvalue weighted by Crippen LogP contribution is -1.93. The first kappa shape index (κ1) is 14.9. The van der Waals surface area contributed by atoms with E-state index in [0.717, 1.165) is 18.4 Å². The normalized spacial score (nSPS) is 10.8. The van der Waals surface area contributed by atoms with Gasteiger partial charge in [0.05, 0.1) is 19.0 Å². The molecule has 110 valence electrons. The molecule has 2 N–H and O–H groups in total. The first-order valence-electron chi connectivity index (χ1n) is 6.97. The highest BCUT2D eigenvalue weighted by Gasteiger charge is 2.07. The van der Waals surface area contributed by atoms with E-state index in [2.05, 4.69) is 24.1 Å². The van der Waals surface area contributed by atoms with Gasteiger partial charge in [0, 0.05) is 6.07 Å². The number of benzene rings is 1. The summed E-state index contributed by atoms with van der Waals surface area (Å²) in [5.41, 5.74) is 7.29. The molecule has 0 saturated heterocycles. The molecule has 0 unspecified atom stereocenters. The van der Waals surface area contributed by atoms with Crippen molar-refractivity contribution in [1.82, 2.24) is 4.98 Å². The Morgan fingerprint density at radius 2 is 2.05 bits per heavy atom. The molecule has 4 heteroatoms. The van der Waals surface area contributed by atoms with Crippen molar-refractivity contribution >= 4 is 11.8 Å². The van der Waals surface area contributed by atoms with Gasteiger partial charge >= 0.3 is 0 Å². The highest BCUT2D eigenvalue weighted by atomic mass is 16.5. The molecule has 0 atom stereocenters. The number of hydrogen-bond donors (Lipinski definition) is 1. The number of hydrogen-bond acceptors (Lipinski definition) is 4. The molecule has 1 aromatic heterocycles. The second kappa shape index (κ2) is 7.33. The number of allylic oxidation sites excluding steroid dienone is 1. The summed E-state index contributed by atoms with van der Waals surface area (Å²) >= 11 is 0. The quantitative estimate of drug-likeness (QED) is 0.860. The predicted octanol–water partition coefficient (Wildman–Crippen LogP) is 4.28. The van der Waals surface area contributed by atoms with Gasteiger partial charge in [-0.3, -0.25) is 0 Å². The summed E-state index contributed by atoms with van der Waals surface area (Å²) < 4.78 is 11.1. The molecule has 0 amide bonds. The average Bonchev–Trinajstić information content (AvgIpc) is 2.51. The van der Waals surface area contributed by atoms with Crippen molar-refractivity contribution in [2.75, 3.05) is 12.8 Å². The molecule has 0 aliphatic carbocycles.